The SMILES string of the molecule is N#Cc1ccc(NC(=O)CCCOCC(F)(F)F)cc1. The van der Waals surface area contributed by atoms with Crippen molar-refractivity contribution in [2.24, 2.45) is 0 Å². The molecule has 0 aliphatic rings. The van der Waals surface area contributed by atoms with Crippen LogP contribution in [0.25, 0.3) is 0 Å². The van der Waals surface area contributed by atoms with Crippen LogP contribution in [0.1, 0.15) is 18.4 Å². The second-order valence-corrected chi connectivity index (χ2v) is 4.01. The van der Waals surface area contributed by atoms with E-state index < -0.39 is 12.8 Å². The lowest BCUT2D eigenvalue weighted by Gasteiger charge is -2.08. The lowest BCUT2D eigenvalue weighted by molar-refractivity contribution is -0.174. The molecule has 0 radical (unpaired) electrons. The minimum Gasteiger partial charge on any atom is -0.372 e. The second kappa shape index (κ2) is 7.50. The fourth-order valence-corrected chi connectivity index (χ4v) is 1.37. The number of nitriles is 1. The molecule has 7 heteroatoms. The van der Waals surface area contributed by atoms with Crippen LogP contribution in [0.5, 0.6) is 0 Å². The zero-order valence-corrected chi connectivity index (χ0v) is 10.5. The van der Waals surface area contributed by atoms with Crippen molar-refractivity contribution >= 4 is 11.6 Å². The van der Waals surface area contributed by atoms with Gasteiger partial charge in [-0.25, -0.2) is 0 Å². The predicted octanol–water partition coefficient (Wildman–Crippen LogP) is 2.86. The van der Waals surface area contributed by atoms with Gasteiger partial charge in [0.15, 0.2) is 0 Å². The van der Waals surface area contributed by atoms with E-state index in [1.54, 1.807) is 24.3 Å². The molecule has 4 nitrogen and oxygen atoms in total. The summed E-state index contributed by atoms with van der Waals surface area (Å²) >= 11 is 0. The number of carbonyl (C=O) groups is 1. The second-order valence-electron chi connectivity index (χ2n) is 4.01. The van der Waals surface area contributed by atoms with Crippen molar-refractivity contribution in [3.05, 3.63) is 29.8 Å². The molecule has 20 heavy (non-hydrogen) atoms. The molecule has 1 aromatic rings. The van der Waals surface area contributed by atoms with E-state index in [-0.39, 0.29) is 25.4 Å². The Morgan fingerprint density at radius 2 is 1.95 bits per heavy atom. The highest BCUT2D eigenvalue weighted by molar-refractivity contribution is 5.90. The number of hydrogen-bond acceptors (Lipinski definition) is 3. The molecule has 0 aliphatic heterocycles. The Morgan fingerprint density at radius 3 is 2.50 bits per heavy atom. The van der Waals surface area contributed by atoms with E-state index in [1.807, 2.05) is 6.07 Å². The normalized spacial score (nSPS) is 10.9. The molecular weight excluding hydrogens is 273 g/mol. The Balaban J connectivity index is 2.22. The summed E-state index contributed by atoms with van der Waals surface area (Å²) in [5.41, 5.74) is 1.01. The third kappa shape index (κ3) is 6.75. The number of ether oxygens (including phenoxy) is 1. The molecule has 0 saturated carbocycles. The number of rotatable bonds is 6. The minimum absolute atomic E-state index is 0.0673. The third-order valence-corrected chi connectivity index (χ3v) is 2.26. The number of alkyl halides is 3. The van der Waals surface area contributed by atoms with Crippen LogP contribution >= 0.6 is 0 Å². The van der Waals surface area contributed by atoms with E-state index in [2.05, 4.69) is 10.1 Å². The molecule has 0 unspecified atom stereocenters. The van der Waals surface area contributed by atoms with E-state index in [1.165, 1.54) is 0 Å². The minimum atomic E-state index is -4.34. The fraction of sp³-hybridized carbons (Fsp3) is 0.385. The molecular formula is C13H13F3N2O2. The van der Waals surface area contributed by atoms with E-state index in [9.17, 15) is 18.0 Å². The number of amides is 1. The molecule has 0 aliphatic carbocycles. The van der Waals surface area contributed by atoms with Crippen LogP contribution in [0.4, 0.5) is 18.9 Å². The third-order valence-electron chi connectivity index (χ3n) is 2.26. The first-order chi connectivity index (χ1) is 9.40. The maximum absolute atomic E-state index is 11.8. The van der Waals surface area contributed by atoms with Crippen LogP contribution in [-0.2, 0) is 9.53 Å². The Labute approximate surface area is 114 Å². The van der Waals surface area contributed by atoms with Gasteiger partial charge in [-0.1, -0.05) is 0 Å². The summed E-state index contributed by atoms with van der Waals surface area (Å²) in [5.74, 6) is -0.315. The maximum atomic E-state index is 11.8. The molecule has 0 bridgehead atoms. The standard InChI is InChI=1S/C13H13F3N2O2/c14-13(15,16)9-20-7-1-2-12(19)18-11-5-3-10(8-17)4-6-11/h3-6H,1-2,7,9H2,(H,18,19). The van der Waals surface area contributed by atoms with Crippen molar-refractivity contribution in [1.82, 2.24) is 0 Å². The highest BCUT2D eigenvalue weighted by Crippen LogP contribution is 2.14. The molecule has 108 valence electrons. The van der Waals surface area contributed by atoms with Gasteiger partial charge in [0.05, 0.1) is 11.6 Å². The van der Waals surface area contributed by atoms with E-state index >= 15 is 0 Å². The largest absolute Gasteiger partial charge is 0.411 e. The van der Waals surface area contributed by atoms with Crippen molar-refractivity contribution in [3.8, 4) is 6.07 Å². The Hall–Kier alpha value is -2.07. The zero-order chi connectivity index (χ0) is 15.0. The summed E-state index contributed by atoms with van der Waals surface area (Å²) in [5, 5.41) is 11.2. The lowest BCUT2D eigenvalue weighted by atomic mass is 10.2. The number of hydrogen-bond donors (Lipinski definition) is 1. The van der Waals surface area contributed by atoms with Gasteiger partial charge in [-0.2, -0.15) is 18.4 Å². The van der Waals surface area contributed by atoms with Gasteiger partial charge in [-0.3, -0.25) is 4.79 Å². The number of benzene rings is 1. The van der Waals surface area contributed by atoms with Crippen molar-refractivity contribution in [2.75, 3.05) is 18.5 Å². The van der Waals surface area contributed by atoms with Crippen LogP contribution in [0.15, 0.2) is 24.3 Å². The van der Waals surface area contributed by atoms with Gasteiger partial charge >= 0.3 is 6.18 Å². The van der Waals surface area contributed by atoms with E-state index in [0.29, 0.717) is 11.3 Å². The van der Waals surface area contributed by atoms with Crippen molar-refractivity contribution in [2.45, 2.75) is 19.0 Å². The first kappa shape index (κ1) is 16.0. The van der Waals surface area contributed by atoms with Gasteiger partial charge in [0.25, 0.3) is 0 Å². The smallest absolute Gasteiger partial charge is 0.372 e. The van der Waals surface area contributed by atoms with Crippen molar-refractivity contribution in [3.63, 3.8) is 0 Å². The number of anilines is 1. The highest BCUT2D eigenvalue weighted by Gasteiger charge is 2.27. The van der Waals surface area contributed by atoms with Gasteiger partial charge in [-0.15, -0.1) is 0 Å². The summed E-state index contributed by atoms with van der Waals surface area (Å²) in [4.78, 5) is 11.5. The van der Waals surface area contributed by atoms with Gasteiger partial charge in [-0.05, 0) is 30.7 Å². The predicted molar refractivity (Wildman–Crippen MR) is 65.9 cm³/mol. The first-order valence-corrected chi connectivity index (χ1v) is 5.85. The maximum Gasteiger partial charge on any atom is 0.411 e. The lowest BCUT2D eigenvalue weighted by Crippen LogP contribution is -2.18. The zero-order valence-electron chi connectivity index (χ0n) is 10.5. The Kier molecular flexibility index (Phi) is 6.00. The summed E-state index contributed by atoms with van der Waals surface area (Å²) in [7, 11) is 0. The number of carbonyl (C=O) groups excluding carboxylic acids is 1. The monoisotopic (exact) mass is 286 g/mol. The summed E-state index contributed by atoms with van der Waals surface area (Å²) in [6, 6.07) is 8.22. The number of nitrogens with one attached hydrogen (secondary N) is 1. The topological polar surface area (TPSA) is 62.1 Å². The summed E-state index contributed by atoms with van der Waals surface area (Å²) in [6.07, 6.45) is -4.07. The quantitative estimate of drug-likeness (QED) is 0.818. The average Bonchev–Trinajstić information content (AvgIpc) is 2.38. The van der Waals surface area contributed by atoms with Crippen molar-refractivity contribution in [1.29, 1.82) is 5.26 Å². The molecule has 0 fully saturated rings. The van der Waals surface area contributed by atoms with Gasteiger partial charge in [0, 0.05) is 18.7 Å². The molecule has 1 rings (SSSR count). The Bertz CT molecular complexity index is 478. The van der Waals surface area contributed by atoms with Crippen LogP contribution < -0.4 is 5.32 Å². The van der Waals surface area contributed by atoms with Gasteiger partial charge in [0.2, 0.25) is 5.91 Å². The van der Waals surface area contributed by atoms with Gasteiger partial charge < -0.3 is 10.1 Å². The summed E-state index contributed by atoms with van der Waals surface area (Å²) < 4.78 is 39.7. The van der Waals surface area contributed by atoms with Crippen molar-refractivity contribution < 1.29 is 22.7 Å². The van der Waals surface area contributed by atoms with Crippen LogP contribution in [0.2, 0.25) is 0 Å². The number of nitrogens with zero attached hydrogens (tertiary/aromatic N) is 1. The first-order valence-electron chi connectivity index (χ1n) is 5.85. The van der Waals surface area contributed by atoms with E-state index in [4.69, 9.17) is 5.26 Å². The van der Waals surface area contributed by atoms with Crippen LogP contribution in [-0.4, -0.2) is 25.3 Å². The molecule has 0 atom stereocenters. The molecule has 0 saturated heterocycles. The summed E-state index contributed by atoms with van der Waals surface area (Å²) in [6.45, 7) is -1.43. The molecule has 1 amide bonds. The molecule has 1 N–H and O–H groups in total. The average molecular weight is 286 g/mol. The van der Waals surface area contributed by atoms with E-state index in [0.717, 1.165) is 0 Å². The Morgan fingerprint density at radius 1 is 1.30 bits per heavy atom. The fourth-order valence-electron chi connectivity index (χ4n) is 1.37. The molecule has 0 aromatic heterocycles. The highest BCUT2D eigenvalue weighted by atomic mass is 19.4. The molecule has 0 heterocycles. The molecule has 0 spiro atoms. The van der Waals surface area contributed by atoms with Gasteiger partial charge in [0.1, 0.15) is 6.61 Å². The molecule has 1 aromatic carbocycles. The number of halogens is 3. The van der Waals surface area contributed by atoms with Crippen LogP contribution in [0, 0.1) is 11.3 Å². The van der Waals surface area contributed by atoms with Crippen LogP contribution in [0.3, 0.4) is 0 Å².